The summed E-state index contributed by atoms with van der Waals surface area (Å²) in [5, 5.41) is 16.0. The van der Waals surface area contributed by atoms with Crippen LogP contribution in [0.25, 0.3) is 0 Å². The van der Waals surface area contributed by atoms with E-state index >= 15 is 0 Å². The lowest BCUT2D eigenvalue weighted by Gasteiger charge is -2.17. The largest absolute Gasteiger partial charge is 0.416 e. The van der Waals surface area contributed by atoms with Crippen molar-refractivity contribution in [2.45, 2.75) is 12.3 Å². The number of carbonyl (C=O) groups is 1. The number of hydrogen-bond donors (Lipinski definition) is 2. The van der Waals surface area contributed by atoms with Crippen molar-refractivity contribution in [2.24, 2.45) is 7.05 Å². The summed E-state index contributed by atoms with van der Waals surface area (Å²) < 4.78 is 39.7. The molecule has 1 unspecified atom stereocenters. The number of aliphatic hydroxyl groups excluding tert-OH is 1. The number of alkyl halides is 3. The van der Waals surface area contributed by atoms with Gasteiger partial charge in [-0.1, -0.05) is 18.2 Å². The normalized spacial score (nSPS) is 12.7. The molecule has 6 nitrogen and oxygen atoms in total. The van der Waals surface area contributed by atoms with Crippen LogP contribution in [0.4, 0.5) is 13.2 Å². The van der Waals surface area contributed by atoms with Crippen LogP contribution >= 0.6 is 0 Å². The molecule has 0 aliphatic carbocycles. The zero-order chi connectivity index (χ0) is 17.9. The Balaban J connectivity index is 2.11. The highest BCUT2D eigenvalue weighted by atomic mass is 19.4. The maximum absolute atomic E-state index is 12.9. The third-order valence-electron chi connectivity index (χ3n) is 3.27. The van der Waals surface area contributed by atoms with Crippen LogP contribution in [0.15, 0.2) is 41.2 Å². The van der Waals surface area contributed by atoms with Crippen LogP contribution in [0.1, 0.15) is 27.7 Å². The van der Waals surface area contributed by atoms with Crippen LogP contribution < -0.4 is 10.9 Å². The summed E-state index contributed by atoms with van der Waals surface area (Å²) in [6.07, 6.45) is -6.15. The van der Waals surface area contributed by atoms with Gasteiger partial charge in [-0.05, 0) is 17.7 Å². The molecule has 1 atom stereocenters. The molecule has 1 heterocycles. The number of halogens is 3. The smallest absolute Gasteiger partial charge is 0.387 e. The van der Waals surface area contributed by atoms with Crippen molar-refractivity contribution in [2.75, 3.05) is 6.54 Å². The molecular formula is C15H14F3N3O3. The van der Waals surface area contributed by atoms with Crippen LogP contribution in [0.3, 0.4) is 0 Å². The molecule has 0 saturated heterocycles. The predicted molar refractivity (Wildman–Crippen MR) is 78.2 cm³/mol. The number of aryl methyl sites for hydroxylation is 1. The Morgan fingerprint density at radius 1 is 1.29 bits per heavy atom. The van der Waals surface area contributed by atoms with Crippen LogP contribution in [-0.2, 0) is 13.2 Å². The van der Waals surface area contributed by atoms with Gasteiger partial charge in [0.2, 0.25) is 0 Å². The molecule has 1 amide bonds. The SMILES string of the molecule is Cn1nc(C(=O)NCC(O)c2ccccc2C(F)(F)F)ccc1=O. The van der Waals surface area contributed by atoms with E-state index in [1.807, 2.05) is 0 Å². The Morgan fingerprint density at radius 2 is 1.96 bits per heavy atom. The predicted octanol–water partition coefficient (Wildman–Crippen LogP) is 1.26. The monoisotopic (exact) mass is 341 g/mol. The maximum Gasteiger partial charge on any atom is 0.416 e. The number of rotatable bonds is 4. The van der Waals surface area contributed by atoms with E-state index in [0.29, 0.717) is 0 Å². The number of hydrogen-bond acceptors (Lipinski definition) is 4. The Labute approximate surface area is 134 Å². The van der Waals surface area contributed by atoms with Crippen molar-refractivity contribution in [1.82, 2.24) is 15.1 Å². The summed E-state index contributed by atoms with van der Waals surface area (Å²) in [6, 6.07) is 6.90. The van der Waals surface area contributed by atoms with Crippen molar-refractivity contribution in [1.29, 1.82) is 0 Å². The number of carbonyl (C=O) groups excluding carboxylic acids is 1. The minimum absolute atomic E-state index is 0.0894. The molecule has 0 spiro atoms. The molecule has 0 bridgehead atoms. The molecule has 0 aliphatic heterocycles. The highest BCUT2D eigenvalue weighted by Crippen LogP contribution is 2.34. The number of nitrogens with one attached hydrogen (secondary N) is 1. The van der Waals surface area contributed by atoms with E-state index in [1.165, 1.54) is 25.2 Å². The molecule has 128 valence electrons. The molecule has 0 saturated carbocycles. The second-order valence-electron chi connectivity index (χ2n) is 4.99. The Morgan fingerprint density at radius 3 is 2.58 bits per heavy atom. The van der Waals surface area contributed by atoms with Crippen molar-refractivity contribution < 1.29 is 23.1 Å². The van der Waals surface area contributed by atoms with Gasteiger partial charge in [0.1, 0.15) is 5.69 Å². The fourth-order valence-corrected chi connectivity index (χ4v) is 2.06. The fourth-order valence-electron chi connectivity index (χ4n) is 2.06. The zero-order valence-electron chi connectivity index (χ0n) is 12.5. The zero-order valence-corrected chi connectivity index (χ0v) is 12.5. The minimum atomic E-state index is -4.61. The van der Waals surface area contributed by atoms with Crippen molar-refractivity contribution >= 4 is 5.91 Å². The van der Waals surface area contributed by atoms with Gasteiger partial charge in [0.25, 0.3) is 11.5 Å². The summed E-state index contributed by atoms with van der Waals surface area (Å²) in [4.78, 5) is 23.1. The average Bonchev–Trinajstić information content (AvgIpc) is 2.54. The Hall–Kier alpha value is -2.68. The van der Waals surface area contributed by atoms with Gasteiger partial charge < -0.3 is 10.4 Å². The van der Waals surface area contributed by atoms with Gasteiger partial charge >= 0.3 is 6.18 Å². The first kappa shape index (κ1) is 17.7. The lowest BCUT2D eigenvalue weighted by Crippen LogP contribution is -2.31. The minimum Gasteiger partial charge on any atom is -0.387 e. The number of aliphatic hydroxyl groups is 1. The molecular weight excluding hydrogens is 327 g/mol. The fraction of sp³-hybridized carbons (Fsp3) is 0.267. The second kappa shape index (κ2) is 6.83. The van der Waals surface area contributed by atoms with E-state index < -0.39 is 35.9 Å². The van der Waals surface area contributed by atoms with E-state index in [1.54, 1.807) is 0 Å². The molecule has 9 heteroatoms. The van der Waals surface area contributed by atoms with Gasteiger partial charge in [0, 0.05) is 19.7 Å². The van der Waals surface area contributed by atoms with Gasteiger partial charge in [-0.3, -0.25) is 9.59 Å². The molecule has 2 aromatic rings. The maximum atomic E-state index is 12.9. The first-order valence-corrected chi connectivity index (χ1v) is 6.87. The molecule has 0 radical (unpaired) electrons. The van der Waals surface area contributed by atoms with Gasteiger partial charge in [-0.15, -0.1) is 0 Å². The lowest BCUT2D eigenvalue weighted by molar-refractivity contribution is -0.139. The summed E-state index contributed by atoms with van der Waals surface area (Å²) in [7, 11) is 1.35. The summed E-state index contributed by atoms with van der Waals surface area (Å²) >= 11 is 0. The number of aromatic nitrogens is 2. The van der Waals surface area contributed by atoms with Crippen molar-refractivity contribution in [3.8, 4) is 0 Å². The molecule has 0 fully saturated rings. The van der Waals surface area contributed by atoms with Crippen molar-refractivity contribution in [3.63, 3.8) is 0 Å². The molecule has 1 aromatic carbocycles. The van der Waals surface area contributed by atoms with Crippen LogP contribution in [0.2, 0.25) is 0 Å². The van der Waals surface area contributed by atoms with E-state index in [4.69, 9.17) is 0 Å². The van der Waals surface area contributed by atoms with E-state index in [2.05, 4.69) is 10.4 Å². The first-order chi connectivity index (χ1) is 11.2. The molecule has 24 heavy (non-hydrogen) atoms. The van der Waals surface area contributed by atoms with Crippen LogP contribution in [0, 0.1) is 0 Å². The number of benzene rings is 1. The average molecular weight is 341 g/mol. The van der Waals surface area contributed by atoms with Gasteiger partial charge in [-0.2, -0.15) is 18.3 Å². The first-order valence-electron chi connectivity index (χ1n) is 6.87. The van der Waals surface area contributed by atoms with Crippen molar-refractivity contribution in [3.05, 3.63) is 63.6 Å². The molecule has 1 aromatic heterocycles. The van der Waals surface area contributed by atoms with E-state index in [9.17, 15) is 27.9 Å². The van der Waals surface area contributed by atoms with Crippen LogP contribution in [-0.4, -0.2) is 27.3 Å². The highest BCUT2D eigenvalue weighted by Gasteiger charge is 2.34. The third kappa shape index (κ3) is 3.99. The Bertz CT molecular complexity index is 802. The number of nitrogens with zero attached hydrogens (tertiary/aromatic N) is 2. The van der Waals surface area contributed by atoms with E-state index in [0.717, 1.165) is 22.9 Å². The summed E-state index contributed by atoms with van der Waals surface area (Å²) in [5.41, 5.74) is -1.80. The standard InChI is InChI=1S/C15H14F3N3O3/c1-21-13(23)7-6-11(20-21)14(24)19-8-12(22)9-4-2-3-5-10(9)15(16,17)18/h2-7,12,22H,8H2,1H3,(H,19,24). The third-order valence-corrected chi connectivity index (χ3v) is 3.27. The number of amides is 1. The Kier molecular flexibility index (Phi) is 5.03. The second-order valence-corrected chi connectivity index (χ2v) is 4.99. The summed E-state index contributed by atoms with van der Waals surface area (Å²) in [5.74, 6) is -0.714. The topological polar surface area (TPSA) is 84.2 Å². The van der Waals surface area contributed by atoms with E-state index in [-0.39, 0.29) is 11.3 Å². The van der Waals surface area contributed by atoms with Gasteiger partial charge in [0.15, 0.2) is 0 Å². The molecule has 2 rings (SSSR count). The molecule has 2 N–H and O–H groups in total. The molecule has 0 aliphatic rings. The lowest BCUT2D eigenvalue weighted by atomic mass is 10.0. The summed E-state index contributed by atoms with van der Waals surface area (Å²) in [6.45, 7) is -0.434. The van der Waals surface area contributed by atoms with Gasteiger partial charge in [-0.25, -0.2) is 4.68 Å². The highest BCUT2D eigenvalue weighted by molar-refractivity contribution is 5.92. The van der Waals surface area contributed by atoms with Gasteiger partial charge in [0.05, 0.1) is 11.7 Å². The quantitative estimate of drug-likeness (QED) is 0.877. The van der Waals surface area contributed by atoms with Crippen LogP contribution in [0.5, 0.6) is 0 Å².